The van der Waals surface area contributed by atoms with Gasteiger partial charge >= 0.3 is 0 Å². The summed E-state index contributed by atoms with van der Waals surface area (Å²) in [6.45, 7) is 12.9. The highest BCUT2D eigenvalue weighted by atomic mass is 35.5. The highest BCUT2D eigenvalue weighted by Gasteiger charge is 2.37. The Morgan fingerprint density at radius 1 is 1.27 bits per heavy atom. The molecule has 0 bridgehead atoms. The minimum Gasteiger partial charge on any atom is -0.414 e. The average Bonchev–Trinajstić information content (AvgIpc) is 2.42. The van der Waals surface area contributed by atoms with Crippen LogP contribution in [0.15, 0.2) is 17.1 Å². The van der Waals surface area contributed by atoms with Crippen molar-refractivity contribution in [2.75, 3.05) is 19.8 Å². The lowest BCUT2D eigenvalue weighted by Crippen LogP contribution is -2.41. The van der Waals surface area contributed by atoms with Crippen LogP contribution in [0.3, 0.4) is 0 Å². The highest BCUT2D eigenvalue weighted by molar-refractivity contribution is 6.74. The predicted octanol–water partition coefficient (Wildman–Crippen LogP) is 4.25. The van der Waals surface area contributed by atoms with Gasteiger partial charge in [-0.25, -0.2) is 4.98 Å². The Kier molecular flexibility index (Phi) is 5.43. The number of rotatable bonds is 5. The predicted molar refractivity (Wildman–Crippen MR) is 93.6 cm³/mol. The Bertz CT molecular complexity index is 556. The van der Waals surface area contributed by atoms with Crippen LogP contribution in [0.2, 0.25) is 23.3 Å². The molecule has 1 atom stereocenters. The van der Waals surface area contributed by atoms with E-state index in [-0.39, 0.29) is 11.1 Å². The number of nitrogens with zero attached hydrogens (tertiary/aromatic N) is 2. The summed E-state index contributed by atoms with van der Waals surface area (Å²) in [5.74, 6) is 0. The zero-order chi connectivity index (χ0) is 16.4. The molecule has 0 saturated heterocycles. The quantitative estimate of drug-likeness (QED) is 0.457. The van der Waals surface area contributed by atoms with Crippen molar-refractivity contribution in [2.45, 2.75) is 45.0 Å². The highest BCUT2D eigenvalue weighted by Crippen LogP contribution is 2.36. The molecule has 22 heavy (non-hydrogen) atoms. The second kappa shape index (κ2) is 6.79. The van der Waals surface area contributed by atoms with E-state index in [4.69, 9.17) is 20.8 Å². The molecule has 0 aliphatic carbocycles. The molecule has 6 heteroatoms. The summed E-state index contributed by atoms with van der Waals surface area (Å²) < 4.78 is 12.1. The van der Waals surface area contributed by atoms with Crippen LogP contribution in [0.5, 0.6) is 0 Å². The topological polar surface area (TPSA) is 43.7 Å². The molecule has 1 aliphatic rings. The van der Waals surface area contributed by atoms with E-state index in [1.165, 1.54) is 0 Å². The molecule has 1 aliphatic heterocycles. The van der Waals surface area contributed by atoms with Crippen molar-refractivity contribution in [3.8, 4) is 0 Å². The van der Waals surface area contributed by atoms with E-state index in [9.17, 15) is 0 Å². The van der Waals surface area contributed by atoms with Crippen molar-refractivity contribution in [1.29, 1.82) is 0 Å². The molecule has 0 aromatic carbocycles. The molecule has 1 aromatic rings. The number of halogens is 1. The van der Waals surface area contributed by atoms with Crippen molar-refractivity contribution >= 4 is 26.1 Å². The van der Waals surface area contributed by atoms with Gasteiger partial charge in [0, 0.05) is 11.8 Å². The average molecular weight is 341 g/mol. The van der Waals surface area contributed by atoms with Crippen LogP contribution in [-0.4, -0.2) is 39.3 Å². The van der Waals surface area contributed by atoms with E-state index >= 15 is 0 Å². The molecule has 0 fully saturated rings. The van der Waals surface area contributed by atoms with Gasteiger partial charge in [0.2, 0.25) is 0 Å². The minimum atomic E-state index is -1.72. The van der Waals surface area contributed by atoms with Crippen LogP contribution in [0, 0.1) is 0 Å². The van der Waals surface area contributed by atoms with Gasteiger partial charge in [0.05, 0.1) is 25.5 Å². The lowest BCUT2D eigenvalue weighted by molar-refractivity contribution is 0.0325. The summed E-state index contributed by atoms with van der Waals surface area (Å²) in [5.41, 5.74) is 1.85. The van der Waals surface area contributed by atoms with Crippen molar-refractivity contribution in [1.82, 2.24) is 4.98 Å². The van der Waals surface area contributed by atoms with Gasteiger partial charge < -0.3 is 9.16 Å². The zero-order valence-corrected chi connectivity index (χ0v) is 15.8. The lowest BCUT2D eigenvalue weighted by Gasteiger charge is -2.36. The van der Waals surface area contributed by atoms with Crippen LogP contribution in [0.4, 0.5) is 0 Å². The van der Waals surface area contributed by atoms with Gasteiger partial charge in [-0.1, -0.05) is 32.4 Å². The first-order valence-electron chi connectivity index (χ1n) is 7.62. The molecule has 0 radical (unpaired) electrons. The van der Waals surface area contributed by atoms with Crippen LogP contribution in [0.25, 0.3) is 0 Å². The molecule has 1 aromatic heterocycles. The van der Waals surface area contributed by atoms with Crippen LogP contribution >= 0.6 is 11.6 Å². The summed E-state index contributed by atoms with van der Waals surface area (Å²) in [4.78, 5) is 8.71. The molecular formula is C16H25ClN2O2Si. The standard InChI is InChI=1S/C16H25ClN2O2Si/c1-16(2,3)22(4,5)21-9-8-20-13-11-18-10-12-6-7-14(17)19-15(12)13/h6-7,10,13H,8-9,11H2,1-5H3. The molecule has 1 unspecified atom stereocenters. The van der Waals surface area contributed by atoms with E-state index in [2.05, 4.69) is 43.8 Å². The first-order valence-corrected chi connectivity index (χ1v) is 10.9. The van der Waals surface area contributed by atoms with Crippen molar-refractivity contribution in [2.24, 2.45) is 4.99 Å². The molecular weight excluding hydrogens is 316 g/mol. The number of ether oxygens (including phenoxy) is 1. The molecule has 122 valence electrons. The molecule has 0 N–H and O–H groups in total. The summed E-state index contributed by atoms with van der Waals surface area (Å²) in [5, 5.41) is 0.698. The maximum absolute atomic E-state index is 6.13. The van der Waals surface area contributed by atoms with Gasteiger partial charge in [-0.2, -0.15) is 0 Å². The maximum Gasteiger partial charge on any atom is 0.192 e. The van der Waals surface area contributed by atoms with E-state index in [0.29, 0.717) is 24.9 Å². The first-order chi connectivity index (χ1) is 10.2. The van der Waals surface area contributed by atoms with Crippen LogP contribution < -0.4 is 0 Å². The lowest BCUT2D eigenvalue weighted by atomic mass is 10.1. The fraction of sp³-hybridized carbons (Fsp3) is 0.625. The van der Waals surface area contributed by atoms with Gasteiger partial charge in [0.15, 0.2) is 8.32 Å². The van der Waals surface area contributed by atoms with Crippen molar-refractivity contribution in [3.05, 3.63) is 28.5 Å². The Balaban J connectivity index is 1.89. The van der Waals surface area contributed by atoms with Gasteiger partial charge in [-0.3, -0.25) is 4.99 Å². The Morgan fingerprint density at radius 2 is 2.00 bits per heavy atom. The molecule has 4 nitrogen and oxygen atoms in total. The Morgan fingerprint density at radius 3 is 2.68 bits per heavy atom. The summed E-state index contributed by atoms with van der Waals surface area (Å²) >= 11 is 5.98. The maximum atomic E-state index is 6.13. The fourth-order valence-electron chi connectivity index (χ4n) is 2.00. The second-order valence-corrected chi connectivity index (χ2v) is 12.3. The Labute approximate surface area is 139 Å². The van der Waals surface area contributed by atoms with Crippen LogP contribution in [-0.2, 0) is 9.16 Å². The molecule has 0 spiro atoms. The van der Waals surface area contributed by atoms with Crippen LogP contribution in [0.1, 0.15) is 38.1 Å². The fourth-order valence-corrected chi connectivity index (χ4v) is 3.18. The number of pyridine rings is 1. The monoisotopic (exact) mass is 340 g/mol. The molecule has 0 saturated carbocycles. The molecule has 2 rings (SSSR count). The SMILES string of the molecule is CC(C)(C)[Si](C)(C)OCCOC1CN=Cc2ccc(Cl)nc21. The van der Waals surface area contributed by atoms with Gasteiger partial charge in [-0.15, -0.1) is 0 Å². The van der Waals surface area contributed by atoms with Crippen molar-refractivity contribution < 1.29 is 9.16 Å². The van der Waals surface area contributed by atoms with E-state index < -0.39 is 8.32 Å². The Hall–Kier alpha value is -0.753. The third-order valence-electron chi connectivity index (χ3n) is 4.40. The van der Waals surface area contributed by atoms with Gasteiger partial charge in [0.1, 0.15) is 11.3 Å². The summed E-state index contributed by atoms with van der Waals surface area (Å²) in [7, 11) is -1.72. The summed E-state index contributed by atoms with van der Waals surface area (Å²) in [6, 6.07) is 3.70. The third kappa shape index (κ3) is 4.16. The third-order valence-corrected chi connectivity index (χ3v) is 9.15. The largest absolute Gasteiger partial charge is 0.414 e. The number of aromatic nitrogens is 1. The zero-order valence-electron chi connectivity index (χ0n) is 14.0. The molecule has 2 heterocycles. The van der Waals surface area contributed by atoms with Crippen molar-refractivity contribution in [3.63, 3.8) is 0 Å². The normalized spacial score (nSPS) is 18.4. The van der Waals surface area contributed by atoms with Gasteiger partial charge in [-0.05, 0) is 30.3 Å². The van der Waals surface area contributed by atoms with E-state index in [1.807, 2.05) is 12.3 Å². The van der Waals surface area contributed by atoms with Gasteiger partial charge in [0.25, 0.3) is 0 Å². The minimum absolute atomic E-state index is 0.137. The second-order valence-electron chi connectivity index (χ2n) is 7.07. The van der Waals surface area contributed by atoms with E-state index in [1.54, 1.807) is 6.07 Å². The number of hydrogen-bond acceptors (Lipinski definition) is 4. The number of hydrogen-bond donors (Lipinski definition) is 0. The first kappa shape index (κ1) is 17.6. The number of aliphatic imine (C=N–C) groups is 1. The number of fused-ring (bicyclic) bond motifs is 1. The molecule has 0 amide bonds. The smallest absolute Gasteiger partial charge is 0.192 e. The summed E-state index contributed by atoms with van der Waals surface area (Å²) in [6.07, 6.45) is 1.69. The van der Waals surface area contributed by atoms with E-state index in [0.717, 1.165) is 11.3 Å².